The zero-order valence-electron chi connectivity index (χ0n) is 12.0. The minimum Gasteiger partial charge on any atom is -0.314 e. The summed E-state index contributed by atoms with van der Waals surface area (Å²) in [6.07, 6.45) is 10.6. The summed E-state index contributed by atoms with van der Waals surface area (Å²) in [5.41, 5.74) is 0. The first-order valence-corrected chi connectivity index (χ1v) is 7.95. The van der Waals surface area contributed by atoms with Gasteiger partial charge < -0.3 is 5.32 Å². The first-order valence-electron chi connectivity index (χ1n) is 7.95. The van der Waals surface area contributed by atoms with Gasteiger partial charge >= 0.3 is 0 Å². The van der Waals surface area contributed by atoms with Crippen LogP contribution in [-0.2, 0) is 0 Å². The predicted octanol–water partition coefficient (Wildman–Crippen LogP) is 4.23. The Kier molecular flexibility index (Phi) is 4.90. The highest BCUT2D eigenvalue weighted by molar-refractivity contribution is 4.89. The fourth-order valence-electron chi connectivity index (χ4n) is 4.42. The van der Waals surface area contributed by atoms with Crippen LogP contribution in [0.5, 0.6) is 0 Å². The Morgan fingerprint density at radius 2 is 1.71 bits per heavy atom. The molecule has 0 aromatic rings. The lowest BCUT2D eigenvalue weighted by Gasteiger charge is -2.43. The molecule has 2 saturated carbocycles. The van der Waals surface area contributed by atoms with Crippen molar-refractivity contribution < 1.29 is 0 Å². The van der Waals surface area contributed by atoms with Crippen molar-refractivity contribution in [1.29, 1.82) is 0 Å². The molecule has 2 aliphatic rings. The van der Waals surface area contributed by atoms with E-state index < -0.39 is 0 Å². The predicted molar refractivity (Wildman–Crippen MR) is 75.1 cm³/mol. The number of fused-ring (bicyclic) bond motifs is 1. The summed E-state index contributed by atoms with van der Waals surface area (Å²) in [6.45, 7) is 8.16. The molecule has 0 spiro atoms. The molecule has 2 fully saturated rings. The lowest BCUT2D eigenvalue weighted by molar-refractivity contribution is 0.0982. The highest BCUT2D eigenvalue weighted by Crippen LogP contribution is 2.44. The lowest BCUT2D eigenvalue weighted by atomic mass is 9.65. The number of hydrogen-bond acceptors (Lipinski definition) is 1. The van der Waals surface area contributed by atoms with Crippen molar-refractivity contribution >= 4 is 0 Å². The maximum Gasteiger partial charge on any atom is 0.0118 e. The third-order valence-electron chi connectivity index (χ3n) is 5.25. The van der Waals surface area contributed by atoms with E-state index in [0.717, 1.165) is 36.3 Å². The Labute approximate surface area is 108 Å². The minimum atomic E-state index is 0.767. The Morgan fingerprint density at radius 3 is 2.35 bits per heavy atom. The summed E-state index contributed by atoms with van der Waals surface area (Å²) in [4.78, 5) is 0. The van der Waals surface area contributed by atoms with Gasteiger partial charge in [0, 0.05) is 6.04 Å². The molecule has 0 radical (unpaired) electrons. The Bertz CT molecular complexity index is 224. The molecule has 100 valence electrons. The highest BCUT2D eigenvalue weighted by atomic mass is 14.9. The molecule has 17 heavy (non-hydrogen) atoms. The van der Waals surface area contributed by atoms with Crippen LogP contribution >= 0.6 is 0 Å². The van der Waals surface area contributed by atoms with Crippen LogP contribution in [0.25, 0.3) is 0 Å². The van der Waals surface area contributed by atoms with Gasteiger partial charge in [-0.2, -0.15) is 0 Å². The van der Waals surface area contributed by atoms with Crippen molar-refractivity contribution in [3.05, 3.63) is 0 Å². The molecule has 0 aromatic heterocycles. The van der Waals surface area contributed by atoms with E-state index in [1.54, 1.807) is 0 Å². The molecule has 0 saturated heterocycles. The number of hydrogen-bond donors (Lipinski definition) is 1. The average molecular weight is 237 g/mol. The smallest absolute Gasteiger partial charge is 0.0118 e. The summed E-state index contributed by atoms with van der Waals surface area (Å²) in [7, 11) is 0. The monoisotopic (exact) mass is 237 g/mol. The first kappa shape index (κ1) is 13.4. The van der Waals surface area contributed by atoms with Crippen molar-refractivity contribution in [3.8, 4) is 0 Å². The fraction of sp³-hybridized carbons (Fsp3) is 1.00. The summed E-state index contributed by atoms with van der Waals surface area (Å²) in [6, 6.07) is 0.767. The Hall–Kier alpha value is -0.0400. The van der Waals surface area contributed by atoms with Gasteiger partial charge in [-0.15, -0.1) is 0 Å². The second-order valence-corrected chi connectivity index (χ2v) is 6.71. The highest BCUT2D eigenvalue weighted by Gasteiger charge is 2.35. The normalized spacial score (nSPS) is 35.6. The van der Waals surface area contributed by atoms with Crippen LogP contribution in [0.3, 0.4) is 0 Å². The number of rotatable bonds is 4. The molecular weight excluding hydrogens is 206 g/mol. The molecule has 4 atom stereocenters. The molecule has 2 aliphatic carbocycles. The van der Waals surface area contributed by atoms with Crippen LogP contribution in [0, 0.1) is 23.7 Å². The van der Waals surface area contributed by atoms with Gasteiger partial charge in [-0.3, -0.25) is 0 Å². The topological polar surface area (TPSA) is 12.0 Å². The van der Waals surface area contributed by atoms with Crippen LogP contribution in [0.2, 0.25) is 0 Å². The van der Waals surface area contributed by atoms with E-state index in [-0.39, 0.29) is 0 Å². The maximum absolute atomic E-state index is 3.75. The third kappa shape index (κ3) is 3.24. The first-order chi connectivity index (χ1) is 8.22. The number of nitrogens with one attached hydrogen (secondary N) is 1. The second kappa shape index (κ2) is 6.22. The van der Waals surface area contributed by atoms with Gasteiger partial charge in [0.15, 0.2) is 0 Å². The van der Waals surface area contributed by atoms with Crippen LogP contribution in [0.15, 0.2) is 0 Å². The molecule has 0 aliphatic heterocycles. The minimum absolute atomic E-state index is 0.767. The molecule has 0 amide bonds. The van der Waals surface area contributed by atoms with Gasteiger partial charge in [-0.1, -0.05) is 46.5 Å². The van der Waals surface area contributed by atoms with Crippen LogP contribution in [0.1, 0.15) is 65.7 Å². The SMILES string of the molecule is CCNC(C(C)C)C1CCC2CCCCC2C1. The summed E-state index contributed by atoms with van der Waals surface area (Å²) < 4.78 is 0. The molecule has 1 heteroatoms. The Balaban J connectivity index is 1.93. The summed E-state index contributed by atoms with van der Waals surface area (Å²) >= 11 is 0. The molecule has 0 aromatic carbocycles. The van der Waals surface area contributed by atoms with E-state index in [2.05, 4.69) is 26.1 Å². The summed E-state index contributed by atoms with van der Waals surface area (Å²) in [5.74, 6) is 3.91. The van der Waals surface area contributed by atoms with Crippen LogP contribution < -0.4 is 5.32 Å². The largest absolute Gasteiger partial charge is 0.314 e. The Morgan fingerprint density at radius 1 is 1.00 bits per heavy atom. The summed E-state index contributed by atoms with van der Waals surface area (Å²) in [5, 5.41) is 3.75. The standard InChI is InChI=1S/C16H31N/c1-4-17-16(12(2)3)15-10-9-13-7-5-6-8-14(13)11-15/h12-17H,4-11H2,1-3H3. The molecule has 1 N–H and O–H groups in total. The van der Waals surface area contributed by atoms with Gasteiger partial charge in [0.25, 0.3) is 0 Å². The average Bonchev–Trinajstić information content (AvgIpc) is 2.35. The molecule has 0 bridgehead atoms. The van der Waals surface area contributed by atoms with Crippen LogP contribution in [0.4, 0.5) is 0 Å². The van der Waals surface area contributed by atoms with Gasteiger partial charge in [-0.25, -0.2) is 0 Å². The molecule has 0 heterocycles. The van der Waals surface area contributed by atoms with Gasteiger partial charge in [0.05, 0.1) is 0 Å². The van der Waals surface area contributed by atoms with Crippen molar-refractivity contribution in [2.24, 2.45) is 23.7 Å². The lowest BCUT2D eigenvalue weighted by Crippen LogP contribution is -2.44. The molecule has 1 nitrogen and oxygen atoms in total. The third-order valence-corrected chi connectivity index (χ3v) is 5.25. The van der Waals surface area contributed by atoms with E-state index >= 15 is 0 Å². The van der Waals surface area contributed by atoms with E-state index in [0.29, 0.717) is 0 Å². The van der Waals surface area contributed by atoms with E-state index in [9.17, 15) is 0 Å². The van der Waals surface area contributed by atoms with Gasteiger partial charge in [-0.05, 0) is 49.5 Å². The molecular formula is C16H31N. The second-order valence-electron chi connectivity index (χ2n) is 6.71. The van der Waals surface area contributed by atoms with E-state index in [1.165, 1.54) is 44.9 Å². The van der Waals surface area contributed by atoms with Crippen molar-refractivity contribution in [3.63, 3.8) is 0 Å². The van der Waals surface area contributed by atoms with Crippen molar-refractivity contribution in [1.82, 2.24) is 5.32 Å². The fourth-order valence-corrected chi connectivity index (χ4v) is 4.42. The van der Waals surface area contributed by atoms with Crippen molar-refractivity contribution in [2.75, 3.05) is 6.54 Å². The molecule has 2 rings (SSSR count). The zero-order valence-corrected chi connectivity index (χ0v) is 12.0. The van der Waals surface area contributed by atoms with E-state index in [4.69, 9.17) is 0 Å². The zero-order chi connectivity index (χ0) is 12.3. The molecule has 4 unspecified atom stereocenters. The van der Waals surface area contributed by atoms with Crippen molar-refractivity contribution in [2.45, 2.75) is 71.8 Å². The van der Waals surface area contributed by atoms with E-state index in [1.807, 2.05) is 0 Å². The van der Waals surface area contributed by atoms with Gasteiger partial charge in [0.2, 0.25) is 0 Å². The maximum atomic E-state index is 3.75. The van der Waals surface area contributed by atoms with Crippen LogP contribution in [-0.4, -0.2) is 12.6 Å². The van der Waals surface area contributed by atoms with Gasteiger partial charge in [0.1, 0.15) is 0 Å². The quantitative estimate of drug-likeness (QED) is 0.771.